The van der Waals surface area contributed by atoms with Crippen molar-refractivity contribution in [3.63, 3.8) is 0 Å². The van der Waals surface area contributed by atoms with Crippen LogP contribution in [0.25, 0.3) is 0 Å². The summed E-state index contributed by atoms with van der Waals surface area (Å²) >= 11 is 6.04. The fraction of sp³-hybridized carbons (Fsp3) is 0. The molecule has 0 saturated heterocycles. The fourth-order valence-electron chi connectivity index (χ4n) is 0. The summed E-state index contributed by atoms with van der Waals surface area (Å²) in [4.78, 5) is 0. The molecule has 0 aromatic rings. The van der Waals surface area contributed by atoms with E-state index in [0.717, 1.165) is 0 Å². The molecule has 6 heteroatoms. The van der Waals surface area contributed by atoms with Crippen molar-refractivity contribution in [1.29, 1.82) is 0 Å². The molecule has 0 nitrogen and oxygen atoms in total. The van der Waals surface area contributed by atoms with Crippen LogP contribution in [0, 0.1) is 0 Å². The molecule has 0 radical (unpaired) electrons. The second-order valence-corrected chi connectivity index (χ2v) is 8.25. The number of hydrogen-bond donors (Lipinski definition) is 0. The molecule has 0 spiro atoms. The van der Waals surface area contributed by atoms with E-state index in [1.807, 2.05) is 0 Å². The van der Waals surface area contributed by atoms with Crippen LogP contribution in [0.3, 0.4) is 0 Å². The molecule has 0 fully saturated rings. The zero-order valence-corrected chi connectivity index (χ0v) is 9.44. The molecular weight excluding hydrogens is 340 g/mol. The van der Waals surface area contributed by atoms with E-state index in [9.17, 15) is 0 Å². The number of hydrogen-bond acceptors (Lipinski definition) is 2. The number of rotatable bonds is 0. The Labute approximate surface area is 69.0 Å². The van der Waals surface area contributed by atoms with E-state index in [1.165, 1.54) is 10.0 Å². The molecule has 6 heavy (non-hydrogen) atoms. The van der Waals surface area contributed by atoms with Crippen molar-refractivity contribution in [3.8, 4) is 0 Å². The van der Waals surface area contributed by atoms with Gasteiger partial charge in [0.2, 0.25) is 0 Å². The van der Waals surface area contributed by atoms with Crippen LogP contribution in [-0.4, -0.2) is 27.4 Å². The van der Waals surface area contributed by atoms with Crippen LogP contribution >= 0.6 is 21.2 Å². The second kappa shape index (κ2) is 15.6. The maximum absolute atomic E-state index is 4.18. The first-order valence-electron chi connectivity index (χ1n) is 0.544. The van der Waals surface area contributed by atoms with Crippen molar-refractivity contribution >= 4 is 48.6 Å². The molecule has 0 aromatic carbocycles. The first kappa shape index (κ1) is 11.3. The Morgan fingerprint density at radius 2 is 1.17 bits per heavy atom. The minimum atomic E-state index is 0.604. The van der Waals surface area contributed by atoms with Crippen molar-refractivity contribution in [3.05, 3.63) is 0 Å². The zero-order chi connectivity index (χ0) is 5.41. The summed E-state index contributed by atoms with van der Waals surface area (Å²) in [5.74, 6) is 0. The monoisotopic (exact) mass is 342 g/mol. The first-order chi connectivity index (χ1) is 2.83. The standard InChI is InChI=1S/2Co.2S.2Se. The second-order valence-electron chi connectivity index (χ2n) is 0.111. The van der Waals surface area contributed by atoms with E-state index in [-0.39, 0.29) is 0 Å². The Balaban J connectivity index is 0. The van der Waals surface area contributed by atoms with E-state index in [0.29, 0.717) is 11.5 Å². The fourth-order valence-corrected chi connectivity index (χ4v) is 0. The zero-order valence-electron chi connectivity index (χ0n) is 2.30. The van der Waals surface area contributed by atoms with Gasteiger partial charge in [-0.05, 0) is 0 Å². The van der Waals surface area contributed by atoms with Gasteiger partial charge in [-0.15, -0.1) is 0 Å². The van der Waals surface area contributed by atoms with Gasteiger partial charge in [-0.2, -0.15) is 0 Å². The Morgan fingerprint density at radius 1 is 1.17 bits per heavy atom. The molecule has 0 N–H and O–H groups in total. The van der Waals surface area contributed by atoms with E-state index in [4.69, 9.17) is 0 Å². The SMILES string of the molecule is [S]=[Co]=[S].[Se]=[Co]=[Se]. The van der Waals surface area contributed by atoms with Crippen molar-refractivity contribution in [1.82, 2.24) is 0 Å². The molecule has 0 aliphatic heterocycles. The molecule has 0 amide bonds. The molecule has 0 bridgehead atoms. The topological polar surface area (TPSA) is 0 Å². The van der Waals surface area contributed by atoms with Crippen LogP contribution < -0.4 is 0 Å². The van der Waals surface area contributed by atoms with Crippen molar-refractivity contribution < 1.29 is 21.5 Å². The Morgan fingerprint density at radius 3 is 1.17 bits per heavy atom. The molecule has 42 valence electrons. The summed E-state index contributed by atoms with van der Waals surface area (Å²) < 4.78 is 0. The maximum atomic E-state index is 4.18. The molecular formula is Co2S2Se2. The molecule has 0 rings (SSSR count). The molecule has 0 aliphatic rings. The molecule has 0 aromatic heterocycles. The third kappa shape index (κ3) is 31.5. The Kier molecular flexibility index (Phi) is 29.5. The van der Waals surface area contributed by atoms with Gasteiger partial charge in [0.05, 0.1) is 0 Å². The van der Waals surface area contributed by atoms with Gasteiger partial charge in [0, 0.05) is 0 Å². The van der Waals surface area contributed by atoms with Crippen LogP contribution in [0.2, 0.25) is 0 Å². The van der Waals surface area contributed by atoms with Gasteiger partial charge in [-0.25, -0.2) is 0 Å². The van der Waals surface area contributed by atoms with Crippen LogP contribution in [0.4, 0.5) is 0 Å². The van der Waals surface area contributed by atoms with E-state index < -0.39 is 0 Å². The van der Waals surface area contributed by atoms with Gasteiger partial charge in [0.25, 0.3) is 0 Å². The van der Waals surface area contributed by atoms with Gasteiger partial charge < -0.3 is 0 Å². The van der Waals surface area contributed by atoms with E-state index in [2.05, 4.69) is 48.6 Å². The third-order valence-corrected chi connectivity index (χ3v) is 0. The van der Waals surface area contributed by atoms with Gasteiger partial charge in [0.15, 0.2) is 0 Å². The molecule has 0 saturated carbocycles. The third-order valence-electron chi connectivity index (χ3n) is 0. The van der Waals surface area contributed by atoms with Crippen molar-refractivity contribution in [2.24, 2.45) is 0 Å². The molecule has 0 aliphatic carbocycles. The van der Waals surface area contributed by atoms with Gasteiger partial charge in [-0.3, -0.25) is 0 Å². The predicted octanol–water partition coefficient (Wildman–Crippen LogP) is 0.530. The Hall–Kier alpha value is 2.49. The summed E-state index contributed by atoms with van der Waals surface area (Å²) in [5.41, 5.74) is 0. The summed E-state index contributed by atoms with van der Waals surface area (Å²) in [6.07, 6.45) is 0. The predicted molar refractivity (Wildman–Crippen MR) is 26.7 cm³/mol. The summed E-state index contributed by atoms with van der Waals surface area (Å²) in [7, 11) is 9.54. The molecule has 0 atom stereocenters. The summed E-state index contributed by atoms with van der Waals surface area (Å²) in [5, 5.41) is 0. The average molecular weight is 340 g/mol. The van der Waals surface area contributed by atoms with Crippen molar-refractivity contribution in [2.45, 2.75) is 0 Å². The normalized spacial score (nSPS) is 5.33. The quantitative estimate of drug-likeness (QED) is 0.591. The van der Waals surface area contributed by atoms with Crippen LogP contribution in [0.1, 0.15) is 0 Å². The summed E-state index contributed by atoms with van der Waals surface area (Å²) in [6.45, 7) is 0. The molecule has 0 unspecified atom stereocenters. The first-order valence-corrected chi connectivity index (χ1v) is 9.20. The van der Waals surface area contributed by atoms with Crippen LogP contribution in [-0.2, 0) is 21.5 Å². The van der Waals surface area contributed by atoms with Crippen LogP contribution in [0.15, 0.2) is 0 Å². The average Bonchev–Trinajstić information content (AvgIpc) is 1.39. The minimum absolute atomic E-state index is 0.604. The van der Waals surface area contributed by atoms with Crippen molar-refractivity contribution in [2.75, 3.05) is 0 Å². The van der Waals surface area contributed by atoms with E-state index in [1.54, 1.807) is 0 Å². The Bertz CT molecular complexity index is 63.5. The van der Waals surface area contributed by atoms with Gasteiger partial charge >= 0.3 is 70.1 Å². The van der Waals surface area contributed by atoms with Gasteiger partial charge in [-0.1, -0.05) is 0 Å². The van der Waals surface area contributed by atoms with E-state index >= 15 is 0 Å². The van der Waals surface area contributed by atoms with Crippen LogP contribution in [0.5, 0.6) is 0 Å². The summed E-state index contributed by atoms with van der Waals surface area (Å²) in [6, 6.07) is 0. The van der Waals surface area contributed by atoms with Gasteiger partial charge in [0.1, 0.15) is 0 Å². The molecule has 0 heterocycles.